The van der Waals surface area contributed by atoms with Gasteiger partial charge in [0.15, 0.2) is 5.82 Å². The quantitative estimate of drug-likeness (QED) is 0.168. The first-order chi connectivity index (χ1) is 19.7. The van der Waals surface area contributed by atoms with E-state index in [1.54, 1.807) is 10.8 Å². The highest BCUT2D eigenvalue weighted by Crippen LogP contribution is 2.37. The number of rotatable bonds is 14. The van der Waals surface area contributed by atoms with Crippen LogP contribution >= 0.6 is 21.6 Å². The Hall–Kier alpha value is -2.43. The largest absolute Gasteiger partial charge is 0.368 e. The zero-order valence-electron chi connectivity index (χ0n) is 25.4. The van der Waals surface area contributed by atoms with Crippen molar-refractivity contribution in [3.05, 3.63) is 47.2 Å². The van der Waals surface area contributed by atoms with E-state index in [4.69, 9.17) is 5.73 Å². The van der Waals surface area contributed by atoms with Crippen molar-refractivity contribution in [2.75, 3.05) is 50.0 Å². The lowest BCUT2D eigenvalue weighted by molar-refractivity contribution is -0.133. The van der Waals surface area contributed by atoms with Crippen LogP contribution in [0, 0.1) is 6.92 Å². The smallest absolute Gasteiger partial charge is 0.222 e. The summed E-state index contributed by atoms with van der Waals surface area (Å²) in [6.45, 7) is 14.8. The maximum atomic E-state index is 12.8. The van der Waals surface area contributed by atoms with E-state index in [2.05, 4.69) is 88.0 Å². The SMILES string of the molecule is CCCCCNc1nc(N)nc2ccn(Cc3ccc(CN4CCN(C(=O)CCC(C)(C)SSC)CC4)cc3C)c12. The van der Waals surface area contributed by atoms with Gasteiger partial charge in [-0.15, -0.1) is 0 Å². The minimum absolute atomic E-state index is 0.130. The van der Waals surface area contributed by atoms with E-state index >= 15 is 0 Å². The molecule has 1 aromatic carbocycles. The number of aromatic nitrogens is 3. The fraction of sp³-hybridized carbons (Fsp3) is 0.581. The van der Waals surface area contributed by atoms with Crippen LogP contribution in [0.3, 0.4) is 0 Å². The zero-order chi connectivity index (χ0) is 29.4. The van der Waals surface area contributed by atoms with Crippen molar-refractivity contribution in [3.63, 3.8) is 0 Å². The number of fused-ring (bicyclic) bond motifs is 1. The fourth-order valence-corrected chi connectivity index (χ4v) is 7.67. The number of piperazine rings is 1. The van der Waals surface area contributed by atoms with E-state index in [0.29, 0.717) is 18.3 Å². The van der Waals surface area contributed by atoms with Crippen LogP contribution in [-0.4, -0.2) is 74.0 Å². The number of nitrogens with zero attached hydrogens (tertiary/aromatic N) is 5. The molecule has 3 heterocycles. The first-order valence-electron chi connectivity index (χ1n) is 14.9. The molecule has 224 valence electrons. The van der Waals surface area contributed by atoms with Gasteiger partial charge in [-0.3, -0.25) is 9.69 Å². The van der Waals surface area contributed by atoms with Crippen molar-refractivity contribution >= 4 is 50.3 Å². The highest BCUT2D eigenvalue weighted by molar-refractivity contribution is 8.76. The van der Waals surface area contributed by atoms with Crippen molar-refractivity contribution in [1.29, 1.82) is 0 Å². The molecule has 1 fully saturated rings. The molecule has 0 spiro atoms. The Morgan fingerprint density at radius 2 is 1.88 bits per heavy atom. The topological polar surface area (TPSA) is 92.3 Å². The third-order valence-electron chi connectivity index (χ3n) is 7.83. The van der Waals surface area contributed by atoms with Gasteiger partial charge >= 0.3 is 0 Å². The van der Waals surface area contributed by atoms with Crippen molar-refractivity contribution < 1.29 is 4.79 Å². The van der Waals surface area contributed by atoms with Gasteiger partial charge in [0.2, 0.25) is 11.9 Å². The van der Waals surface area contributed by atoms with Crippen LogP contribution in [0.4, 0.5) is 11.8 Å². The molecule has 0 atom stereocenters. The molecule has 4 rings (SSSR count). The summed E-state index contributed by atoms with van der Waals surface area (Å²) in [6, 6.07) is 8.82. The van der Waals surface area contributed by atoms with Gasteiger partial charge in [0, 0.05) is 63.2 Å². The monoisotopic (exact) mass is 597 g/mol. The van der Waals surface area contributed by atoms with Crippen molar-refractivity contribution in [1.82, 2.24) is 24.3 Å². The number of aryl methyl sites for hydroxylation is 1. The summed E-state index contributed by atoms with van der Waals surface area (Å²) in [5.41, 5.74) is 11.7. The maximum Gasteiger partial charge on any atom is 0.222 e. The highest BCUT2D eigenvalue weighted by Gasteiger charge is 2.25. The van der Waals surface area contributed by atoms with E-state index in [9.17, 15) is 4.79 Å². The molecule has 0 bridgehead atoms. The summed E-state index contributed by atoms with van der Waals surface area (Å²) >= 11 is 0. The Labute approximate surface area is 253 Å². The van der Waals surface area contributed by atoms with Crippen molar-refractivity contribution in [2.45, 2.75) is 77.6 Å². The normalized spacial score (nSPS) is 14.6. The molecule has 1 aliphatic rings. The average molecular weight is 598 g/mol. The molecule has 8 nitrogen and oxygen atoms in total. The predicted octanol–water partition coefficient (Wildman–Crippen LogP) is 6.19. The minimum Gasteiger partial charge on any atom is -0.368 e. The lowest BCUT2D eigenvalue weighted by atomic mass is 10.0. The molecule has 3 aromatic rings. The molecule has 3 N–H and O–H groups in total. The standard InChI is InChI=1S/C31H47N7OS2/c1-6-7-8-14-33-29-28-26(34-30(32)35-29)12-15-38(28)22-25-10-9-24(20-23(25)2)21-36-16-18-37(19-17-36)27(39)11-13-31(3,4)41-40-5/h9-10,12,15,20H,6-8,11,13-14,16-19,21-22H2,1-5H3,(H3,32,33,34,35). The second-order valence-corrected chi connectivity index (χ2v) is 14.8. The fourth-order valence-electron chi connectivity index (χ4n) is 5.43. The number of amides is 1. The number of hydrogen-bond donors (Lipinski definition) is 2. The Balaban J connectivity index is 1.33. The predicted molar refractivity (Wildman–Crippen MR) is 177 cm³/mol. The highest BCUT2D eigenvalue weighted by atomic mass is 33.1. The number of anilines is 2. The van der Waals surface area contributed by atoms with Crippen LogP contribution in [-0.2, 0) is 17.9 Å². The number of carbonyl (C=O) groups excluding carboxylic acids is 1. The molecule has 41 heavy (non-hydrogen) atoms. The van der Waals surface area contributed by atoms with E-state index in [1.807, 2.05) is 16.9 Å². The van der Waals surface area contributed by atoms with E-state index in [-0.39, 0.29) is 4.75 Å². The molecule has 0 radical (unpaired) electrons. The van der Waals surface area contributed by atoms with E-state index in [1.165, 1.54) is 29.5 Å². The molecule has 1 aliphatic heterocycles. The summed E-state index contributed by atoms with van der Waals surface area (Å²) < 4.78 is 2.35. The molecular weight excluding hydrogens is 551 g/mol. The lowest BCUT2D eigenvalue weighted by Crippen LogP contribution is -2.48. The maximum absolute atomic E-state index is 12.8. The van der Waals surface area contributed by atoms with Crippen LogP contribution in [0.2, 0.25) is 0 Å². The molecule has 1 saturated heterocycles. The molecule has 0 saturated carbocycles. The van der Waals surface area contributed by atoms with Crippen LogP contribution in [0.25, 0.3) is 11.0 Å². The number of nitrogens with two attached hydrogens (primary N) is 1. The zero-order valence-corrected chi connectivity index (χ0v) is 27.0. The van der Waals surface area contributed by atoms with Gasteiger partial charge in [-0.2, -0.15) is 4.98 Å². The molecule has 10 heteroatoms. The number of hydrogen-bond acceptors (Lipinski definition) is 8. The van der Waals surface area contributed by atoms with Crippen molar-refractivity contribution in [3.8, 4) is 0 Å². The van der Waals surface area contributed by atoms with Crippen molar-refractivity contribution in [2.24, 2.45) is 0 Å². The molecule has 1 amide bonds. The second kappa shape index (κ2) is 14.6. The molecule has 0 unspecified atom stereocenters. The van der Waals surface area contributed by atoms with E-state index < -0.39 is 0 Å². The summed E-state index contributed by atoms with van der Waals surface area (Å²) in [5.74, 6) is 1.40. The molecular formula is C31H47N7OS2. The summed E-state index contributed by atoms with van der Waals surface area (Å²) in [5, 5.41) is 3.49. The summed E-state index contributed by atoms with van der Waals surface area (Å²) in [7, 11) is 3.63. The first kappa shape index (κ1) is 31.5. The molecule has 2 aromatic heterocycles. The van der Waals surface area contributed by atoms with Gasteiger partial charge in [-0.25, -0.2) is 4.98 Å². The Bertz CT molecular complexity index is 1300. The third-order valence-corrected chi connectivity index (χ3v) is 10.5. The number of nitrogens with one attached hydrogen (secondary N) is 1. The van der Waals surface area contributed by atoms with Crippen LogP contribution < -0.4 is 11.1 Å². The van der Waals surface area contributed by atoms with Gasteiger partial charge < -0.3 is 20.5 Å². The van der Waals surface area contributed by atoms with Gasteiger partial charge in [0.05, 0.1) is 5.52 Å². The van der Waals surface area contributed by atoms with Gasteiger partial charge in [0.25, 0.3) is 0 Å². The third kappa shape index (κ3) is 8.78. The molecule has 0 aliphatic carbocycles. The van der Waals surface area contributed by atoms with Crippen LogP contribution in [0.5, 0.6) is 0 Å². The second-order valence-electron chi connectivity index (χ2n) is 11.7. The van der Waals surface area contributed by atoms with Crippen LogP contribution in [0.1, 0.15) is 69.6 Å². The Morgan fingerprint density at radius 3 is 2.59 bits per heavy atom. The van der Waals surface area contributed by atoms with Gasteiger partial charge in [-0.1, -0.05) is 59.6 Å². The number of unbranched alkanes of at least 4 members (excludes halogenated alkanes) is 2. The van der Waals surface area contributed by atoms with Gasteiger partial charge in [-0.05, 0) is 62.6 Å². The first-order valence-corrected chi connectivity index (χ1v) is 17.4. The van der Waals surface area contributed by atoms with E-state index in [0.717, 1.165) is 75.5 Å². The minimum atomic E-state index is 0.130. The lowest BCUT2D eigenvalue weighted by Gasteiger charge is -2.35. The van der Waals surface area contributed by atoms with Gasteiger partial charge in [0.1, 0.15) is 5.52 Å². The van der Waals surface area contributed by atoms with Crippen LogP contribution in [0.15, 0.2) is 30.5 Å². The average Bonchev–Trinajstić information content (AvgIpc) is 3.34. The Kier molecular flexibility index (Phi) is 11.3. The Morgan fingerprint density at radius 1 is 1.10 bits per heavy atom. The number of benzene rings is 1. The summed E-state index contributed by atoms with van der Waals surface area (Å²) in [4.78, 5) is 26.3. The number of carbonyl (C=O) groups is 1. The summed E-state index contributed by atoms with van der Waals surface area (Å²) in [6.07, 6.45) is 9.20. The number of nitrogen functional groups attached to an aromatic ring is 1.